The Kier molecular flexibility index (Phi) is 13.8. The molecule has 22 heteroatoms. The first-order valence-electron chi connectivity index (χ1n) is 20.9. The zero-order valence-electron chi connectivity index (χ0n) is 37.5. The molecule has 3 aliphatic rings. The number of amides is 4. The van der Waals surface area contributed by atoms with E-state index in [0.717, 1.165) is 15.9 Å². The second kappa shape index (κ2) is 19.1. The SMILES string of the molecule is CC(=O)NC[C@H]1CN(c2ccc(-c3ccc4nc(C)nn4c3)c(F)c2)C(=O)O1.CC(=O)NC[C@H]1CN(c2ccc(B3OC(C)(C)C(C)(C)O3)c(F)c2)C(=O)O1.Cc1nc2ccc(Br)cn2n1. The highest BCUT2D eigenvalue weighted by atomic mass is 79.9. The third kappa shape index (κ3) is 10.8. The molecular weight excluding hydrogens is 925 g/mol. The number of rotatable bonds is 8. The molecule has 7 heterocycles. The summed E-state index contributed by atoms with van der Waals surface area (Å²) in [6, 6.07) is 16.4. The molecule has 346 valence electrons. The predicted molar refractivity (Wildman–Crippen MR) is 243 cm³/mol. The molecule has 3 aliphatic heterocycles. The Morgan fingerprint density at radius 3 is 1.71 bits per heavy atom. The van der Waals surface area contributed by atoms with Gasteiger partial charge in [-0.3, -0.25) is 19.4 Å². The Bertz CT molecular complexity index is 2810. The molecule has 2 aromatic carbocycles. The lowest BCUT2D eigenvalue weighted by atomic mass is 9.78. The van der Waals surface area contributed by atoms with Crippen LogP contribution in [0.4, 0.5) is 29.7 Å². The number of benzene rings is 2. The van der Waals surface area contributed by atoms with Crippen LogP contribution in [0.25, 0.3) is 22.4 Å². The minimum Gasteiger partial charge on any atom is -0.442 e. The number of carbonyl (C=O) groups excluding carboxylic acids is 4. The van der Waals surface area contributed by atoms with Crippen LogP contribution in [0.2, 0.25) is 0 Å². The van der Waals surface area contributed by atoms with Gasteiger partial charge in [0.25, 0.3) is 0 Å². The van der Waals surface area contributed by atoms with Crippen molar-refractivity contribution in [3.05, 3.63) is 101 Å². The maximum absolute atomic E-state index is 14.8. The summed E-state index contributed by atoms with van der Waals surface area (Å²) in [6.07, 6.45) is 1.50. The zero-order chi connectivity index (χ0) is 47.7. The Morgan fingerprint density at radius 2 is 1.21 bits per heavy atom. The number of hydrogen-bond donors (Lipinski definition) is 2. The van der Waals surface area contributed by atoms with E-state index in [1.807, 2.05) is 52.9 Å². The molecule has 66 heavy (non-hydrogen) atoms. The number of aryl methyl sites for hydroxylation is 2. The average Bonchev–Trinajstić information content (AvgIpc) is 4.05. The van der Waals surface area contributed by atoms with Crippen molar-refractivity contribution in [2.75, 3.05) is 36.0 Å². The summed E-state index contributed by atoms with van der Waals surface area (Å²) in [5.74, 6) is 0.0279. The summed E-state index contributed by atoms with van der Waals surface area (Å²) < 4.78 is 56.1. The van der Waals surface area contributed by atoms with Crippen LogP contribution >= 0.6 is 15.9 Å². The quantitative estimate of drug-likeness (QED) is 0.177. The first kappa shape index (κ1) is 47.4. The van der Waals surface area contributed by atoms with E-state index in [4.69, 9.17) is 18.8 Å². The van der Waals surface area contributed by atoms with E-state index in [0.29, 0.717) is 34.0 Å². The number of halogens is 3. The molecule has 0 saturated carbocycles. The number of ether oxygens (including phenoxy) is 2. The molecule has 3 fully saturated rings. The predicted octanol–water partition coefficient (Wildman–Crippen LogP) is 5.69. The molecule has 2 N–H and O–H groups in total. The van der Waals surface area contributed by atoms with Gasteiger partial charge in [0.05, 0.1) is 48.8 Å². The van der Waals surface area contributed by atoms with Crippen molar-refractivity contribution in [3.8, 4) is 11.1 Å². The van der Waals surface area contributed by atoms with Crippen molar-refractivity contribution >= 4 is 75.2 Å². The smallest absolute Gasteiger partial charge is 0.442 e. The largest absolute Gasteiger partial charge is 0.497 e. The molecule has 3 saturated heterocycles. The fourth-order valence-electron chi connectivity index (χ4n) is 7.07. The number of nitrogens with one attached hydrogen (secondary N) is 2. The second-order valence-corrected chi connectivity index (χ2v) is 17.7. The zero-order valence-corrected chi connectivity index (χ0v) is 39.1. The molecule has 0 aliphatic carbocycles. The van der Waals surface area contributed by atoms with E-state index >= 15 is 0 Å². The minimum atomic E-state index is -0.818. The summed E-state index contributed by atoms with van der Waals surface area (Å²) in [7, 11) is -0.818. The maximum Gasteiger partial charge on any atom is 0.497 e. The van der Waals surface area contributed by atoms with Crippen molar-refractivity contribution in [3.63, 3.8) is 0 Å². The van der Waals surface area contributed by atoms with Crippen molar-refractivity contribution < 1.29 is 46.7 Å². The molecule has 0 spiro atoms. The van der Waals surface area contributed by atoms with E-state index in [1.165, 1.54) is 35.8 Å². The Hall–Kier alpha value is -6.52. The van der Waals surface area contributed by atoms with E-state index in [1.54, 1.807) is 58.5 Å². The fraction of sp³-hybridized carbons (Fsp3) is 0.364. The third-order valence-electron chi connectivity index (χ3n) is 11.1. The molecule has 4 amide bonds. The van der Waals surface area contributed by atoms with Gasteiger partial charge in [-0.25, -0.2) is 37.4 Å². The van der Waals surface area contributed by atoms with Crippen molar-refractivity contribution in [2.45, 2.75) is 78.8 Å². The number of pyridine rings is 2. The van der Waals surface area contributed by atoms with Crippen LogP contribution in [0.3, 0.4) is 0 Å². The summed E-state index contributed by atoms with van der Waals surface area (Å²) in [6.45, 7) is 14.9. The molecule has 0 unspecified atom stereocenters. The third-order valence-corrected chi connectivity index (χ3v) is 11.6. The lowest BCUT2D eigenvalue weighted by Crippen LogP contribution is -2.41. The highest BCUT2D eigenvalue weighted by Crippen LogP contribution is 2.37. The normalized spacial score (nSPS) is 18.4. The second-order valence-electron chi connectivity index (χ2n) is 16.8. The van der Waals surface area contributed by atoms with Gasteiger partial charge in [-0.05, 0) is 112 Å². The Labute approximate surface area is 387 Å². The molecule has 0 radical (unpaired) electrons. The van der Waals surface area contributed by atoms with E-state index < -0.39 is 54.3 Å². The highest BCUT2D eigenvalue weighted by Gasteiger charge is 2.52. The summed E-state index contributed by atoms with van der Waals surface area (Å²) in [5.41, 5.74) is 2.51. The lowest BCUT2D eigenvalue weighted by molar-refractivity contribution is -0.120. The Balaban J connectivity index is 0.000000160. The van der Waals surface area contributed by atoms with Gasteiger partial charge < -0.3 is 29.4 Å². The van der Waals surface area contributed by atoms with Gasteiger partial charge >= 0.3 is 19.3 Å². The summed E-state index contributed by atoms with van der Waals surface area (Å²) in [5, 5.41) is 13.6. The van der Waals surface area contributed by atoms with Gasteiger partial charge in [0.2, 0.25) is 11.8 Å². The van der Waals surface area contributed by atoms with Crippen LogP contribution in [-0.2, 0) is 28.4 Å². The molecular formula is C44H48BBrF2N10O8. The van der Waals surface area contributed by atoms with Gasteiger partial charge in [0.1, 0.15) is 35.5 Å². The number of aromatic nitrogens is 6. The number of fused-ring (bicyclic) bond motifs is 2. The van der Waals surface area contributed by atoms with Gasteiger partial charge in [-0.1, -0.05) is 6.07 Å². The standard InChI is InChI=1S/C19H18FN5O3.C18H24BFN2O5.C7H6BrN3/c1-11-22-18-6-3-13(9-25(18)23-11)16-5-4-14(7-17(16)20)24-10-15(28-19(24)27)8-21-12(2)26;1-11(23)21-9-13-10-22(16(24)25-13)12-6-7-14(15(20)8-12)19-26-17(2,3)18(4,5)27-19;1-5-9-7-3-2-6(8)4-11(7)10-5/h3-7,9,15H,8,10H2,1-2H3,(H,21,26);6-8,13H,9-10H2,1-5H3,(H,21,23);2-4H,1H3/t15-;13-;/m00./s1. The van der Waals surface area contributed by atoms with Crippen molar-refractivity contribution in [1.82, 2.24) is 39.8 Å². The Morgan fingerprint density at radius 1 is 0.727 bits per heavy atom. The number of anilines is 2. The summed E-state index contributed by atoms with van der Waals surface area (Å²) in [4.78, 5) is 57.3. The molecule has 4 aromatic heterocycles. The average molecular weight is 974 g/mol. The number of cyclic esters (lactones) is 2. The first-order valence-corrected chi connectivity index (χ1v) is 21.7. The molecule has 9 rings (SSSR count). The first-order chi connectivity index (χ1) is 31.2. The van der Waals surface area contributed by atoms with Gasteiger partial charge in [0, 0.05) is 47.3 Å². The van der Waals surface area contributed by atoms with Gasteiger partial charge in [0.15, 0.2) is 11.3 Å². The topological polar surface area (TPSA) is 196 Å². The van der Waals surface area contributed by atoms with Gasteiger partial charge in [-0.2, -0.15) is 10.2 Å². The van der Waals surface area contributed by atoms with Crippen molar-refractivity contribution in [2.24, 2.45) is 0 Å². The van der Waals surface area contributed by atoms with Crippen LogP contribution in [0.15, 0.2) is 77.5 Å². The number of nitrogens with zero attached hydrogens (tertiary/aromatic N) is 8. The van der Waals surface area contributed by atoms with Crippen LogP contribution in [0, 0.1) is 25.5 Å². The maximum atomic E-state index is 14.8. The van der Waals surface area contributed by atoms with Crippen LogP contribution in [0.5, 0.6) is 0 Å². The molecule has 6 aromatic rings. The van der Waals surface area contributed by atoms with Crippen molar-refractivity contribution in [1.29, 1.82) is 0 Å². The molecule has 2 atom stereocenters. The summed E-state index contributed by atoms with van der Waals surface area (Å²) >= 11 is 3.35. The molecule has 0 bridgehead atoms. The van der Waals surface area contributed by atoms with E-state index in [2.05, 4.69) is 46.7 Å². The van der Waals surface area contributed by atoms with E-state index in [9.17, 15) is 28.0 Å². The minimum absolute atomic E-state index is 0.204. The highest BCUT2D eigenvalue weighted by molar-refractivity contribution is 9.10. The van der Waals surface area contributed by atoms with E-state index in [-0.39, 0.29) is 43.5 Å². The number of carbonyl (C=O) groups is 4. The van der Waals surface area contributed by atoms with Crippen LogP contribution in [0.1, 0.15) is 53.2 Å². The monoisotopic (exact) mass is 972 g/mol. The lowest BCUT2D eigenvalue weighted by Gasteiger charge is -2.32. The fourth-order valence-corrected chi connectivity index (χ4v) is 7.39. The number of hydrogen-bond acceptors (Lipinski definition) is 12. The van der Waals surface area contributed by atoms with Crippen LogP contribution < -0.4 is 25.9 Å². The van der Waals surface area contributed by atoms with Gasteiger partial charge in [-0.15, -0.1) is 0 Å². The van der Waals surface area contributed by atoms with Crippen LogP contribution in [-0.4, -0.2) is 110 Å². The molecule has 18 nitrogen and oxygen atoms in total.